The number of nitrogens with zero attached hydrogens (tertiary/aromatic N) is 3. The zero-order chi connectivity index (χ0) is 25.5. The van der Waals surface area contributed by atoms with Crippen LogP contribution in [-0.2, 0) is 20.8 Å². The van der Waals surface area contributed by atoms with Crippen molar-refractivity contribution in [3.63, 3.8) is 0 Å². The molecule has 0 radical (unpaired) electrons. The van der Waals surface area contributed by atoms with E-state index in [-0.39, 0.29) is 28.9 Å². The van der Waals surface area contributed by atoms with E-state index in [1.54, 1.807) is 59.0 Å². The second-order valence-corrected chi connectivity index (χ2v) is 9.10. The third-order valence-corrected chi connectivity index (χ3v) is 5.49. The molecule has 0 bridgehead atoms. The summed E-state index contributed by atoms with van der Waals surface area (Å²) in [5.74, 6) is -0.816. The second kappa shape index (κ2) is 11.3. The Kier molecular flexibility index (Phi) is 8.81. The quantitative estimate of drug-likeness (QED) is 0.475. The summed E-state index contributed by atoms with van der Waals surface area (Å²) in [7, 11) is 1.60. The van der Waals surface area contributed by atoms with Gasteiger partial charge in [-0.25, -0.2) is 9.59 Å². The molecule has 1 aromatic heterocycles. The van der Waals surface area contributed by atoms with Gasteiger partial charge >= 0.3 is 12.1 Å². The molecule has 1 amide bonds. The fraction of sp³-hybridized carbons (Fsp3) is 0.333. The summed E-state index contributed by atoms with van der Waals surface area (Å²) in [6.45, 7) is 10.8. The Hall–Kier alpha value is -3.84. The van der Waals surface area contributed by atoms with Crippen LogP contribution in [0.15, 0.2) is 41.7 Å². The molecular formula is C24H28N4O5S. The average molecular weight is 485 g/mol. The van der Waals surface area contributed by atoms with Gasteiger partial charge in [0.1, 0.15) is 27.5 Å². The average Bonchev–Trinajstić information content (AvgIpc) is 3.10. The predicted octanol–water partition coefficient (Wildman–Crippen LogP) is 2.55. The van der Waals surface area contributed by atoms with E-state index < -0.39 is 17.7 Å². The molecule has 180 valence electrons. The number of hydrogen-bond acceptors (Lipinski definition) is 8. The topological polar surface area (TPSA) is 114 Å². The van der Waals surface area contributed by atoms with Crippen molar-refractivity contribution in [2.24, 2.45) is 0 Å². The zero-order valence-corrected chi connectivity index (χ0v) is 20.7. The minimum Gasteiger partial charge on any atom is -0.457 e. The maximum absolute atomic E-state index is 12.8. The number of amides is 1. The summed E-state index contributed by atoms with van der Waals surface area (Å²) in [6, 6.07) is 8.85. The third kappa shape index (κ3) is 6.59. The summed E-state index contributed by atoms with van der Waals surface area (Å²) in [4.78, 5) is 38.8. The van der Waals surface area contributed by atoms with Gasteiger partial charge in [0, 0.05) is 31.2 Å². The van der Waals surface area contributed by atoms with Gasteiger partial charge in [-0.15, -0.1) is 11.3 Å². The van der Waals surface area contributed by atoms with Gasteiger partial charge in [0.2, 0.25) is 0 Å². The smallest absolute Gasteiger partial charge is 0.414 e. The third-order valence-electron chi connectivity index (χ3n) is 4.36. The number of aromatic nitrogens is 1. The number of nitrogens with one attached hydrogen (secondary N) is 1. The monoisotopic (exact) mass is 484 g/mol. The minimum absolute atomic E-state index is 0.0413. The first kappa shape index (κ1) is 26.4. The predicted molar refractivity (Wildman–Crippen MR) is 133 cm³/mol. The van der Waals surface area contributed by atoms with Crippen LogP contribution in [0.4, 0.5) is 16.2 Å². The van der Waals surface area contributed by atoms with Crippen molar-refractivity contribution < 1.29 is 19.1 Å². The van der Waals surface area contributed by atoms with Crippen LogP contribution in [0, 0.1) is 11.3 Å². The van der Waals surface area contributed by atoms with Crippen LogP contribution in [-0.4, -0.2) is 35.9 Å². The number of carbonyl (C=O) groups is 2. The molecule has 1 heterocycles. The molecule has 9 nitrogen and oxygen atoms in total. The molecule has 34 heavy (non-hydrogen) atoms. The Labute approximate surface area is 201 Å². The number of ether oxygens (including phenoxy) is 2. The van der Waals surface area contributed by atoms with Crippen molar-refractivity contribution in [2.75, 3.05) is 23.9 Å². The zero-order valence-electron chi connectivity index (χ0n) is 19.9. The lowest BCUT2D eigenvalue weighted by molar-refractivity contribution is -0.135. The number of nitriles is 1. The highest BCUT2D eigenvalue weighted by molar-refractivity contribution is 7.07. The lowest BCUT2D eigenvalue weighted by atomic mass is 10.2. The second-order valence-electron chi connectivity index (χ2n) is 8.07. The van der Waals surface area contributed by atoms with Gasteiger partial charge in [0.15, 0.2) is 5.57 Å². The van der Waals surface area contributed by atoms with E-state index in [0.717, 1.165) is 11.3 Å². The molecule has 0 spiro atoms. The fourth-order valence-corrected chi connectivity index (χ4v) is 3.85. The summed E-state index contributed by atoms with van der Waals surface area (Å²) >= 11 is 1.01. The first-order chi connectivity index (χ1) is 16.0. The molecule has 0 atom stereocenters. The van der Waals surface area contributed by atoms with Gasteiger partial charge in [-0.2, -0.15) is 5.26 Å². The van der Waals surface area contributed by atoms with Gasteiger partial charge in [-0.3, -0.25) is 14.3 Å². The molecule has 0 aliphatic carbocycles. The van der Waals surface area contributed by atoms with Crippen LogP contribution in [0.2, 0.25) is 0 Å². The molecule has 0 aliphatic rings. The van der Waals surface area contributed by atoms with Crippen LogP contribution in [0.25, 0.3) is 11.8 Å². The molecule has 0 saturated heterocycles. The maximum atomic E-state index is 12.8. The van der Waals surface area contributed by atoms with Crippen molar-refractivity contribution in [2.45, 2.75) is 39.8 Å². The Balaban J connectivity index is 2.41. The van der Waals surface area contributed by atoms with Crippen LogP contribution in [0.5, 0.6) is 0 Å². The van der Waals surface area contributed by atoms with Crippen LogP contribution in [0.1, 0.15) is 27.7 Å². The lowest BCUT2D eigenvalue weighted by Gasteiger charge is -2.24. The largest absolute Gasteiger partial charge is 0.457 e. The molecular weight excluding hydrogens is 456 g/mol. The normalized spacial score (nSPS) is 12.4. The van der Waals surface area contributed by atoms with Gasteiger partial charge in [0.05, 0.1) is 0 Å². The first-order valence-electron chi connectivity index (χ1n) is 10.5. The summed E-state index contributed by atoms with van der Waals surface area (Å²) in [6.07, 6.45) is 2.40. The highest BCUT2D eigenvalue weighted by Gasteiger charge is 2.21. The number of thiazole rings is 1. The Morgan fingerprint density at radius 2 is 2.06 bits per heavy atom. The van der Waals surface area contributed by atoms with E-state index in [0.29, 0.717) is 15.9 Å². The Morgan fingerprint density at radius 1 is 1.35 bits per heavy atom. The number of hydrogen-bond donors (Lipinski definition) is 1. The van der Waals surface area contributed by atoms with Gasteiger partial charge in [0.25, 0.3) is 5.56 Å². The Bertz CT molecular complexity index is 1290. The number of benzene rings is 1. The maximum Gasteiger partial charge on any atom is 0.414 e. The van der Waals surface area contributed by atoms with E-state index in [9.17, 15) is 19.6 Å². The SMILES string of the molecule is C=CCOC(=O)C(C#N)=c1sc(=CNc2cccc(N(C)C(=O)OC(C)(C)C)c2)c(=O)n1CC. The fourth-order valence-electron chi connectivity index (χ4n) is 2.77. The summed E-state index contributed by atoms with van der Waals surface area (Å²) < 4.78 is 12.2. The number of rotatable bonds is 7. The van der Waals surface area contributed by atoms with Crippen LogP contribution < -0.4 is 25.0 Å². The molecule has 0 aliphatic heterocycles. The number of esters is 1. The summed E-state index contributed by atoms with van der Waals surface area (Å²) in [5.41, 5.74) is 0.00564. The van der Waals surface area contributed by atoms with E-state index >= 15 is 0 Å². The van der Waals surface area contributed by atoms with E-state index in [2.05, 4.69) is 11.9 Å². The molecule has 1 N–H and O–H groups in total. The molecule has 0 unspecified atom stereocenters. The lowest BCUT2D eigenvalue weighted by Crippen LogP contribution is -2.34. The summed E-state index contributed by atoms with van der Waals surface area (Å²) in [5, 5.41) is 12.5. The highest BCUT2D eigenvalue weighted by atomic mass is 32.1. The van der Waals surface area contributed by atoms with E-state index in [1.807, 2.05) is 6.07 Å². The molecule has 2 aromatic rings. The molecule has 1 aromatic carbocycles. The van der Waals surface area contributed by atoms with Crippen LogP contribution in [0.3, 0.4) is 0 Å². The number of carbonyl (C=O) groups excluding carboxylic acids is 2. The van der Waals surface area contributed by atoms with Gasteiger partial charge in [-0.1, -0.05) is 18.7 Å². The molecule has 10 heteroatoms. The van der Waals surface area contributed by atoms with Gasteiger partial charge < -0.3 is 14.8 Å². The van der Waals surface area contributed by atoms with Crippen molar-refractivity contribution in [3.8, 4) is 6.07 Å². The van der Waals surface area contributed by atoms with Crippen molar-refractivity contribution in [3.05, 3.63) is 56.5 Å². The van der Waals surface area contributed by atoms with E-state index in [4.69, 9.17) is 9.47 Å². The van der Waals surface area contributed by atoms with Crippen LogP contribution >= 0.6 is 11.3 Å². The molecule has 0 fully saturated rings. The van der Waals surface area contributed by atoms with Crippen molar-refractivity contribution in [1.29, 1.82) is 5.26 Å². The Morgan fingerprint density at radius 3 is 2.65 bits per heavy atom. The van der Waals surface area contributed by atoms with Gasteiger partial charge in [-0.05, 0) is 45.9 Å². The first-order valence-corrected chi connectivity index (χ1v) is 11.3. The van der Waals surface area contributed by atoms with Crippen molar-refractivity contribution >= 4 is 46.5 Å². The number of anilines is 2. The molecule has 0 saturated carbocycles. The van der Waals surface area contributed by atoms with Crippen molar-refractivity contribution in [1.82, 2.24) is 4.57 Å². The highest BCUT2D eigenvalue weighted by Crippen LogP contribution is 2.20. The minimum atomic E-state index is -0.816. The standard InChI is InChI=1S/C24H28N4O5S/c1-7-12-32-22(30)18(14-25)21-28(8-2)20(29)19(34-21)15-26-16-10-9-11-17(13-16)27(6)23(31)33-24(3,4)5/h7,9-11,13,15,26H,1,8,12H2,2-6H3. The van der Waals surface area contributed by atoms with E-state index in [1.165, 1.54) is 21.7 Å². The molecule has 2 rings (SSSR count).